The van der Waals surface area contributed by atoms with Crippen molar-refractivity contribution in [1.82, 2.24) is 4.90 Å². The van der Waals surface area contributed by atoms with Crippen LogP contribution in [0.25, 0.3) is 0 Å². The van der Waals surface area contributed by atoms with Crippen LogP contribution in [0.15, 0.2) is 29.3 Å². The zero-order chi connectivity index (χ0) is 18.4. The molecule has 0 unspecified atom stereocenters. The smallest absolute Gasteiger partial charge is 0.269 e. The Balaban J connectivity index is 2.24. The highest BCUT2D eigenvalue weighted by Crippen LogP contribution is 2.31. The van der Waals surface area contributed by atoms with Crippen LogP contribution in [0, 0.1) is 23.0 Å². The van der Waals surface area contributed by atoms with E-state index < -0.39 is 4.92 Å². The van der Waals surface area contributed by atoms with Crippen molar-refractivity contribution in [3.05, 3.63) is 40.0 Å². The highest BCUT2D eigenvalue weighted by Gasteiger charge is 2.31. The first kappa shape index (κ1) is 19.2. The third-order valence-corrected chi connectivity index (χ3v) is 4.61. The highest BCUT2D eigenvalue weighted by atomic mass is 32.2. The molecule has 1 atom stereocenters. The van der Waals surface area contributed by atoms with Gasteiger partial charge in [0.2, 0.25) is 0 Å². The molecule has 2 rings (SSSR count). The molecular weight excluding hydrogens is 342 g/mol. The molecule has 134 valence electrons. The van der Waals surface area contributed by atoms with Crippen molar-refractivity contribution in [1.29, 1.82) is 0 Å². The first-order valence-electron chi connectivity index (χ1n) is 7.96. The monoisotopic (exact) mass is 363 g/mol. The van der Waals surface area contributed by atoms with Crippen LogP contribution >= 0.6 is 11.8 Å². The summed E-state index contributed by atoms with van der Waals surface area (Å²) in [5, 5.41) is 11.7. The van der Waals surface area contributed by atoms with Crippen molar-refractivity contribution in [2.24, 2.45) is 10.9 Å². The molecule has 0 amide bonds. The number of benzene rings is 1. The summed E-state index contributed by atoms with van der Waals surface area (Å²) < 4.78 is 5.72. The lowest BCUT2D eigenvalue weighted by Crippen LogP contribution is -2.38. The molecule has 25 heavy (non-hydrogen) atoms. The van der Waals surface area contributed by atoms with Gasteiger partial charge in [0.15, 0.2) is 5.17 Å². The number of ether oxygens (including phenoxy) is 1. The molecule has 1 fully saturated rings. The van der Waals surface area contributed by atoms with Gasteiger partial charge in [-0.15, -0.1) is 0 Å². The van der Waals surface area contributed by atoms with E-state index in [1.807, 2.05) is 6.92 Å². The molecule has 0 radical (unpaired) electrons. The van der Waals surface area contributed by atoms with Gasteiger partial charge in [0, 0.05) is 30.5 Å². The Hall–Kier alpha value is -2.15. The van der Waals surface area contributed by atoms with Crippen molar-refractivity contribution in [3.8, 4) is 0 Å². The normalized spacial score (nSPS) is 18.6. The second-order valence-electron chi connectivity index (χ2n) is 6.09. The van der Waals surface area contributed by atoms with Gasteiger partial charge >= 0.3 is 0 Å². The molecular formula is C17H21N3O4S. The number of nitrogens with zero attached hydrogens (tertiary/aromatic N) is 3. The van der Waals surface area contributed by atoms with E-state index in [0.717, 1.165) is 17.3 Å². The fourth-order valence-corrected chi connectivity index (χ4v) is 3.53. The van der Waals surface area contributed by atoms with E-state index in [4.69, 9.17) is 4.74 Å². The third-order valence-electron chi connectivity index (χ3n) is 3.57. The Morgan fingerprint density at radius 2 is 2.32 bits per heavy atom. The summed E-state index contributed by atoms with van der Waals surface area (Å²) in [5.74, 6) is 2.83. The van der Waals surface area contributed by atoms with Gasteiger partial charge in [0.25, 0.3) is 5.69 Å². The molecule has 1 aromatic rings. The molecule has 8 heteroatoms. The van der Waals surface area contributed by atoms with Crippen LogP contribution in [0.1, 0.15) is 19.4 Å². The van der Waals surface area contributed by atoms with Crippen LogP contribution in [0.3, 0.4) is 0 Å². The Kier molecular flexibility index (Phi) is 6.75. The lowest BCUT2D eigenvalue weighted by Gasteiger charge is -2.27. The predicted molar refractivity (Wildman–Crippen MR) is 98.9 cm³/mol. The van der Waals surface area contributed by atoms with Crippen LogP contribution in [-0.4, -0.2) is 46.1 Å². The zero-order valence-electron chi connectivity index (χ0n) is 14.5. The number of hydrogen-bond donors (Lipinski definition) is 0. The summed E-state index contributed by atoms with van der Waals surface area (Å²) in [4.78, 5) is 27.5. The van der Waals surface area contributed by atoms with E-state index in [9.17, 15) is 14.9 Å². The van der Waals surface area contributed by atoms with Gasteiger partial charge in [-0.25, -0.2) is 9.79 Å². The first-order chi connectivity index (χ1) is 11.9. The van der Waals surface area contributed by atoms with Crippen LogP contribution < -0.4 is 0 Å². The van der Waals surface area contributed by atoms with E-state index >= 15 is 0 Å². The number of thioether (sulfide) groups is 1. The summed E-state index contributed by atoms with van der Waals surface area (Å²) in [7, 11) is 0. The number of amidine groups is 1. The largest absolute Gasteiger partial charge is 0.353 e. The molecule has 1 heterocycles. The second-order valence-corrected chi connectivity index (χ2v) is 7.08. The van der Waals surface area contributed by atoms with E-state index in [2.05, 4.69) is 23.7 Å². The number of carbonyl (C=O) groups excluding carboxylic acids is 1. The highest BCUT2D eigenvalue weighted by molar-refractivity contribution is 8.14. The van der Waals surface area contributed by atoms with E-state index in [0.29, 0.717) is 17.4 Å². The van der Waals surface area contributed by atoms with Gasteiger partial charge in [-0.3, -0.25) is 10.1 Å². The number of rotatable bonds is 7. The average Bonchev–Trinajstić information content (AvgIpc) is 2.91. The van der Waals surface area contributed by atoms with E-state index in [-0.39, 0.29) is 18.5 Å². The number of non-ortho nitro benzene ring substituents is 1. The molecule has 0 bridgehead atoms. The van der Waals surface area contributed by atoms with Gasteiger partial charge in [-0.05, 0) is 24.5 Å². The molecule has 0 aliphatic carbocycles. The summed E-state index contributed by atoms with van der Waals surface area (Å²) >= 11 is 1.58. The lowest BCUT2D eigenvalue weighted by atomic mass is 10.2. The third kappa shape index (κ3) is 5.16. The number of aliphatic imine (C=N–C) groups is 1. The maximum absolute atomic E-state index is 10.9. The van der Waals surface area contributed by atoms with Crippen LogP contribution in [0.5, 0.6) is 0 Å². The Bertz CT molecular complexity index is 714. The van der Waals surface area contributed by atoms with Gasteiger partial charge in [-0.2, -0.15) is 0 Å². The summed E-state index contributed by atoms with van der Waals surface area (Å²) in [6, 6.07) is 4.65. The standard InChI is InChI=1S/C17H21N3O4S/c1-12(2)10-19-16(24-8-4-7-21)11-25-17(19)18-15-6-5-14(20(22)23)9-13(15)3/h4-6,9,12,16H,8,10-11H2,1-3H3/t16-/m0/s1. The molecule has 0 aromatic heterocycles. The van der Waals surface area contributed by atoms with Crippen LogP contribution in [-0.2, 0) is 9.53 Å². The topological polar surface area (TPSA) is 85.0 Å². The summed E-state index contributed by atoms with van der Waals surface area (Å²) in [5.41, 5.74) is 1.51. The van der Waals surface area contributed by atoms with Crippen molar-refractivity contribution in [2.75, 3.05) is 18.9 Å². The Morgan fingerprint density at radius 1 is 1.56 bits per heavy atom. The number of hydrogen-bond acceptors (Lipinski definition) is 6. The predicted octanol–water partition coefficient (Wildman–Crippen LogP) is 3.33. The van der Waals surface area contributed by atoms with Crippen molar-refractivity contribution in [2.45, 2.75) is 27.0 Å². The fraction of sp³-hybridized carbons (Fsp3) is 0.471. The van der Waals surface area contributed by atoms with Crippen molar-refractivity contribution < 1.29 is 14.5 Å². The Morgan fingerprint density at radius 3 is 2.92 bits per heavy atom. The number of nitro groups is 1. The van der Waals surface area contributed by atoms with Crippen molar-refractivity contribution in [3.63, 3.8) is 0 Å². The lowest BCUT2D eigenvalue weighted by molar-refractivity contribution is -0.384. The maximum atomic E-state index is 10.9. The average molecular weight is 363 g/mol. The molecule has 7 nitrogen and oxygen atoms in total. The summed E-state index contributed by atoms with van der Waals surface area (Å²) in [6.45, 7) is 7.02. The molecule has 1 saturated heterocycles. The van der Waals surface area contributed by atoms with E-state index in [1.54, 1.807) is 23.8 Å². The van der Waals surface area contributed by atoms with Gasteiger partial charge in [0.05, 0.1) is 17.2 Å². The summed E-state index contributed by atoms with van der Waals surface area (Å²) in [6.07, 6.45) is 1.16. The zero-order valence-corrected chi connectivity index (χ0v) is 15.3. The van der Waals surface area contributed by atoms with Crippen molar-refractivity contribution >= 4 is 34.2 Å². The maximum Gasteiger partial charge on any atom is 0.269 e. The van der Waals surface area contributed by atoms with Gasteiger partial charge < -0.3 is 9.64 Å². The van der Waals surface area contributed by atoms with E-state index in [1.165, 1.54) is 18.2 Å². The fourth-order valence-electron chi connectivity index (χ4n) is 2.44. The minimum Gasteiger partial charge on any atom is -0.353 e. The molecule has 0 N–H and O–H groups in total. The quantitative estimate of drug-likeness (QED) is 0.420. The molecule has 0 saturated carbocycles. The van der Waals surface area contributed by atoms with Gasteiger partial charge in [0.1, 0.15) is 12.2 Å². The van der Waals surface area contributed by atoms with Crippen LogP contribution in [0.2, 0.25) is 0 Å². The Labute approximate surface area is 150 Å². The first-order valence-corrected chi connectivity index (χ1v) is 8.95. The number of nitro benzene ring substituents is 1. The molecule has 1 aliphatic rings. The SMILES string of the molecule is Cc1cc([N+](=O)[O-])ccc1N=C1SC[C@H](OCC=C=O)N1CC(C)C. The molecule has 0 spiro atoms. The minimum atomic E-state index is -0.413. The molecule has 1 aromatic carbocycles. The minimum absolute atomic E-state index is 0.0569. The van der Waals surface area contributed by atoms with Crippen LogP contribution in [0.4, 0.5) is 11.4 Å². The number of aryl methyl sites for hydroxylation is 1. The second kappa shape index (κ2) is 8.80. The van der Waals surface area contributed by atoms with Gasteiger partial charge in [-0.1, -0.05) is 25.6 Å². The molecule has 1 aliphatic heterocycles.